The first kappa shape index (κ1) is 22.3. The van der Waals surface area contributed by atoms with Gasteiger partial charge in [0.25, 0.3) is 0 Å². The van der Waals surface area contributed by atoms with Crippen molar-refractivity contribution >= 4 is 44.6 Å². The Morgan fingerprint density at radius 3 is 2.18 bits per heavy atom. The summed E-state index contributed by atoms with van der Waals surface area (Å²) in [4.78, 5) is 5.32. The molecule has 5 nitrogen and oxygen atoms in total. The van der Waals surface area contributed by atoms with Gasteiger partial charge in [-0.05, 0) is 48.4 Å². The number of benzene rings is 2. The fourth-order valence-corrected chi connectivity index (χ4v) is 2.96. The molecule has 0 saturated heterocycles. The van der Waals surface area contributed by atoms with Gasteiger partial charge in [0.1, 0.15) is 0 Å². The van der Waals surface area contributed by atoms with Gasteiger partial charge in [0.2, 0.25) is 0 Å². The molecule has 0 saturated carbocycles. The van der Waals surface area contributed by atoms with Crippen LogP contribution in [0.2, 0.25) is 10.0 Å². The summed E-state index contributed by atoms with van der Waals surface area (Å²) >= 11 is 11.7. The van der Waals surface area contributed by atoms with E-state index in [4.69, 9.17) is 28.0 Å². The van der Waals surface area contributed by atoms with E-state index in [0.29, 0.717) is 10.8 Å². The molecule has 2 aromatic rings. The number of oxime groups is 1. The standard InChI is InChI=1S/C17H15Cl2F3N2O3S/c1-10(2)16(23-27-13-6-3-11(18)4-7-13)14-9-12(19)5-8-15(14)24-28(25,26)17(20,21)22/h3-10,24H,1-2H3/b23-16-. The van der Waals surface area contributed by atoms with E-state index < -0.39 is 15.5 Å². The summed E-state index contributed by atoms with van der Waals surface area (Å²) in [6.07, 6.45) is 0. The van der Waals surface area contributed by atoms with Crippen molar-refractivity contribution in [3.8, 4) is 5.75 Å². The molecule has 152 valence electrons. The number of nitrogens with zero attached hydrogens (tertiary/aromatic N) is 1. The van der Waals surface area contributed by atoms with Gasteiger partial charge in [-0.15, -0.1) is 0 Å². The lowest BCUT2D eigenvalue weighted by Gasteiger charge is -2.17. The molecule has 2 aromatic carbocycles. The molecule has 0 radical (unpaired) electrons. The van der Waals surface area contributed by atoms with E-state index in [1.807, 2.05) is 0 Å². The molecule has 28 heavy (non-hydrogen) atoms. The lowest BCUT2D eigenvalue weighted by Crippen LogP contribution is -2.30. The van der Waals surface area contributed by atoms with Crippen molar-refractivity contribution in [1.82, 2.24) is 0 Å². The maximum atomic E-state index is 12.7. The van der Waals surface area contributed by atoms with E-state index in [-0.39, 0.29) is 27.9 Å². The van der Waals surface area contributed by atoms with Crippen molar-refractivity contribution < 1.29 is 26.4 Å². The van der Waals surface area contributed by atoms with E-state index in [1.54, 1.807) is 38.1 Å². The average molecular weight is 455 g/mol. The van der Waals surface area contributed by atoms with Crippen LogP contribution in [-0.2, 0) is 10.0 Å². The highest BCUT2D eigenvalue weighted by atomic mass is 35.5. The van der Waals surface area contributed by atoms with Crippen LogP contribution in [0.4, 0.5) is 18.9 Å². The molecule has 0 heterocycles. The molecule has 11 heteroatoms. The molecule has 0 aromatic heterocycles. The van der Waals surface area contributed by atoms with Gasteiger partial charge in [0.15, 0.2) is 5.75 Å². The van der Waals surface area contributed by atoms with E-state index in [1.165, 1.54) is 16.9 Å². The summed E-state index contributed by atoms with van der Waals surface area (Å²) < 4.78 is 62.8. The van der Waals surface area contributed by atoms with Crippen molar-refractivity contribution in [2.24, 2.45) is 11.1 Å². The molecule has 0 amide bonds. The van der Waals surface area contributed by atoms with Crippen LogP contribution in [0, 0.1) is 5.92 Å². The Labute approximate surface area is 170 Å². The van der Waals surface area contributed by atoms with Crippen LogP contribution >= 0.6 is 23.2 Å². The Morgan fingerprint density at radius 2 is 1.64 bits per heavy atom. The van der Waals surface area contributed by atoms with Crippen LogP contribution in [-0.4, -0.2) is 19.6 Å². The fraction of sp³-hybridized carbons (Fsp3) is 0.235. The normalized spacial score (nSPS) is 12.9. The van der Waals surface area contributed by atoms with Gasteiger partial charge in [-0.2, -0.15) is 21.6 Å². The molecule has 0 aliphatic rings. The molecule has 2 rings (SSSR count). The summed E-state index contributed by atoms with van der Waals surface area (Å²) in [5.41, 5.74) is -5.55. The average Bonchev–Trinajstić information content (AvgIpc) is 2.57. The first-order chi connectivity index (χ1) is 12.9. The zero-order valence-corrected chi connectivity index (χ0v) is 16.9. The maximum absolute atomic E-state index is 12.7. The zero-order chi connectivity index (χ0) is 21.1. The number of sulfonamides is 1. The highest BCUT2D eigenvalue weighted by Crippen LogP contribution is 2.30. The minimum atomic E-state index is -5.62. The second-order valence-electron chi connectivity index (χ2n) is 5.92. The number of hydrogen-bond donors (Lipinski definition) is 1. The smallest absolute Gasteiger partial charge is 0.357 e. The van der Waals surface area contributed by atoms with Crippen LogP contribution in [0.15, 0.2) is 47.6 Å². The molecule has 0 fully saturated rings. The third-order valence-electron chi connectivity index (χ3n) is 3.42. The van der Waals surface area contributed by atoms with Gasteiger partial charge in [-0.3, -0.25) is 4.72 Å². The molecule has 0 spiro atoms. The van der Waals surface area contributed by atoms with Crippen molar-refractivity contribution in [2.45, 2.75) is 19.4 Å². The molecule has 0 aliphatic carbocycles. The third-order valence-corrected chi connectivity index (χ3v) is 5.00. The monoisotopic (exact) mass is 454 g/mol. The zero-order valence-electron chi connectivity index (χ0n) is 14.6. The quantitative estimate of drug-likeness (QED) is 0.449. The van der Waals surface area contributed by atoms with Gasteiger partial charge in [0.05, 0.1) is 11.4 Å². The predicted molar refractivity (Wildman–Crippen MR) is 104 cm³/mol. The molecule has 0 aliphatic heterocycles. The van der Waals surface area contributed by atoms with E-state index in [0.717, 1.165) is 6.07 Å². The predicted octanol–water partition coefficient (Wildman–Crippen LogP) is 5.69. The number of alkyl halides is 3. The number of anilines is 1. The maximum Gasteiger partial charge on any atom is 0.516 e. The SMILES string of the molecule is CC(C)/C(=N/Oc1ccc(Cl)cc1)c1cc(Cl)ccc1NS(=O)(=O)C(F)(F)F. The Bertz CT molecular complexity index is 976. The van der Waals surface area contributed by atoms with Crippen molar-refractivity contribution in [1.29, 1.82) is 0 Å². The van der Waals surface area contributed by atoms with Crippen LogP contribution in [0.5, 0.6) is 5.75 Å². The second kappa shape index (κ2) is 8.59. The topological polar surface area (TPSA) is 67.8 Å². The molecule has 0 atom stereocenters. The minimum Gasteiger partial charge on any atom is -0.357 e. The Kier molecular flexibility index (Phi) is 6.84. The summed E-state index contributed by atoms with van der Waals surface area (Å²) in [6, 6.07) is 9.94. The van der Waals surface area contributed by atoms with E-state index in [9.17, 15) is 21.6 Å². The highest BCUT2D eigenvalue weighted by molar-refractivity contribution is 7.93. The van der Waals surface area contributed by atoms with E-state index in [2.05, 4.69) is 5.16 Å². The summed E-state index contributed by atoms with van der Waals surface area (Å²) in [5, 5.41) is 4.66. The third kappa shape index (κ3) is 5.52. The van der Waals surface area contributed by atoms with Crippen LogP contribution < -0.4 is 9.56 Å². The Hall–Kier alpha value is -1.97. The number of halogens is 5. The summed E-state index contributed by atoms with van der Waals surface area (Å²) in [5.74, 6) is 0.00177. The van der Waals surface area contributed by atoms with Gasteiger partial charge < -0.3 is 4.84 Å². The number of nitrogens with one attached hydrogen (secondary N) is 1. The van der Waals surface area contributed by atoms with Crippen LogP contribution in [0.1, 0.15) is 19.4 Å². The van der Waals surface area contributed by atoms with Crippen molar-refractivity contribution in [2.75, 3.05) is 4.72 Å². The van der Waals surface area contributed by atoms with Crippen LogP contribution in [0.25, 0.3) is 0 Å². The van der Waals surface area contributed by atoms with Gasteiger partial charge in [0, 0.05) is 15.6 Å². The second-order valence-corrected chi connectivity index (χ2v) is 8.46. The largest absolute Gasteiger partial charge is 0.516 e. The lowest BCUT2D eigenvalue weighted by atomic mass is 9.99. The Morgan fingerprint density at radius 1 is 1.07 bits per heavy atom. The molecular formula is C17H15Cl2F3N2O3S. The van der Waals surface area contributed by atoms with E-state index >= 15 is 0 Å². The first-order valence-electron chi connectivity index (χ1n) is 7.80. The summed E-state index contributed by atoms with van der Waals surface area (Å²) in [7, 11) is -5.62. The number of hydrogen-bond acceptors (Lipinski definition) is 4. The Balaban J connectivity index is 2.47. The van der Waals surface area contributed by atoms with Crippen molar-refractivity contribution in [3.05, 3.63) is 58.1 Å². The van der Waals surface area contributed by atoms with Crippen molar-refractivity contribution in [3.63, 3.8) is 0 Å². The highest BCUT2D eigenvalue weighted by Gasteiger charge is 2.46. The summed E-state index contributed by atoms with van der Waals surface area (Å²) in [6.45, 7) is 3.43. The molecule has 0 unspecified atom stereocenters. The molecule has 1 N–H and O–H groups in total. The molecular weight excluding hydrogens is 440 g/mol. The molecule has 0 bridgehead atoms. The van der Waals surface area contributed by atoms with Gasteiger partial charge in [-0.1, -0.05) is 42.2 Å². The lowest BCUT2D eigenvalue weighted by molar-refractivity contribution is -0.0429. The van der Waals surface area contributed by atoms with Gasteiger partial charge in [-0.25, -0.2) is 0 Å². The van der Waals surface area contributed by atoms with Crippen LogP contribution in [0.3, 0.4) is 0 Å². The minimum absolute atomic E-state index is 0.0595. The van der Waals surface area contributed by atoms with Gasteiger partial charge >= 0.3 is 15.5 Å². The number of rotatable bonds is 6. The fourth-order valence-electron chi connectivity index (χ4n) is 2.08. The first-order valence-corrected chi connectivity index (χ1v) is 10.0.